The maximum absolute atomic E-state index is 11.3. The summed E-state index contributed by atoms with van der Waals surface area (Å²) in [7, 11) is 0. The maximum atomic E-state index is 11.3. The van der Waals surface area contributed by atoms with Crippen LogP contribution in [0.2, 0.25) is 0 Å². The van der Waals surface area contributed by atoms with E-state index in [9.17, 15) is 4.79 Å². The van der Waals surface area contributed by atoms with Gasteiger partial charge in [-0.3, -0.25) is 5.10 Å². The number of rotatable bonds is 7. The van der Waals surface area contributed by atoms with E-state index in [0.29, 0.717) is 6.54 Å². The van der Waals surface area contributed by atoms with Gasteiger partial charge in [0.05, 0.1) is 0 Å². The summed E-state index contributed by atoms with van der Waals surface area (Å²) in [5.74, 6) is 0.874. The maximum Gasteiger partial charge on any atom is 0.407 e. The van der Waals surface area contributed by atoms with E-state index >= 15 is 0 Å². The molecule has 0 bridgehead atoms. The molecule has 0 unspecified atom stereocenters. The van der Waals surface area contributed by atoms with E-state index in [0.717, 1.165) is 31.8 Å². The number of hydrogen-bond donors (Lipinski definition) is 3. The number of carbonyl (C=O) groups is 1. The Labute approximate surface area is 113 Å². The Bertz CT molecular complexity index is 359. The molecule has 1 aromatic heterocycles. The Hall–Kier alpha value is -1.63. The molecule has 0 saturated heterocycles. The molecule has 0 aliphatic rings. The van der Waals surface area contributed by atoms with Crippen LogP contribution in [-0.2, 0) is 11.2 Å². The van der Waals surface area contributed by atoms with Crippen molar-refractivity contribution in [2.75, 3.05) is 19.6 Å². The third-order valence-electron chi connectivity index (χ3n) is 2.20. The molecule has 7 heteroatoms. The zero-order valence-corrected chi connectivity index (χ0v) is 11.8. The van der Waals surface area contributed by atoms with Gasteiger partial charge in [0.1, 0.15) is 17.8 Å². The van der Waals surface area contributed by atoms with Crippen molar-refractivity contribution in [3.63, 3.8) is 0 Å². The predicted octanol–water partition coefficient (Wildman–Crippen LogP) is 0.852. The Balaban J connectivity index is 1.92. The van der Waals surface area contributed by atoms with Crippen LogP contribution in [0.3, 0.4) is 0 Å². The number of aromatic amines is 1. The van der Waals surface area contributed by atoms with Gasteiger partial charge in [-0.25, -0.2) is 9.78 Å². The van der Waals surface area contributed by atoms with Gasteiger partial charge in [-0.15, -0.1) is 0 Å². The van der Waals surface area contributed by atoms with Crippen molar-refractivity contribution in [1.29, 1.82) is 0 Å². The molecule has 19 heavy (non-hydrogen) atoms. The van der Waals surface area contributed by atoms with Crippen molar-refractivity contribution in [2.24, 2.45) is 0 Å². The minimum Gasteiger partial charge on any atom is -0.444 e. The van der Waals surface area contributed by atoms with Gasteiger partial charge < -0.3 is 15.4 Å². The van der Waals surface area contributed by atoms with Crippen molar-refractivity contribution < 1.29 is 9.53 Å². The molecule has 0 atom stereocenters. The molecule has 7 nitrogen and oxygen atoms in total. The monoisotopic (exact) mass is 269 g/mol. The lowest BCUT2D eigenvalue weighted by molar-refractivity contribution is 0.0527. The molecule has 108 valence electrons. The number of ether oxygens (including phenoxy) is 1. The Morgan fingerprint density at radius 1 is 1.37 bits per heavy atom. The number of carbonyl (C=O) groups excluding carboxylic acids is 1. The van der Waals surface area contributed by atoms with Gasteiger partial charge in [0.15, 0.2) is 0 Å². The molecule has 0 saturated carbocycles. The van der Waals surface area contributed by atoms with Crippen LogP contribution >= 0.6 is 0 Å². The fourth-order valence-electron chi connectivity index (χ4n) is 1.40. The largest absolute Gasteiger partial charge is 0.444 e. The Morgan fingerprint density at radius 2 is 2.16 bits per heavy atom. The van der Waals surface area contributed by atoms with Crippen molar-refractivity contribution in [3.8, 4) is 0 Å². The highest BCUT2D eigenvalue weighted by atomic mass is 16.6. The van der Waals surface area contributed by atoms with E-state index in [2.05, 4.69) is 25.8 Å². The lowest BCUT2D eigenvalue weighted by Crippen LogP contribution is -2.34. The van der Waals surface area contributed by atoms with Gasteiger partial charge in [0, 0.05) is 19.5 Å². The van der Waals surface area contributed by atoms with Crippen molar-refractivity contribution in [2.45, 2.75) is 39.2 Å². The second kappa shape index (κ2) is 7.73. The quantitative estimate of drug-likeness (QED) is 0.638. The lowest BCUT2D eigenvalue weighted by atomic mass is 10.2. The number of nitrogens with one attached hydrogen (secondary N) is 3. The Morgan fingerprint density at radius 3 is 2.79 bits per heavy atom. The fourth-order valence-corrected chi connectivity index (χ4v) is 1.40. The normalized spacial score (nSPS) is 11.3. The van der Waals surface area contributed by atoms with Crippen molar-refractivity contribution >= 4 is 6.09 Å². The molecule has 1 aromatic rings. The van der Waals surface area contributed by atoms with Gasteiger partial charge in [-0.1, -0.05) is 0 Å². The molecule has 0 aliphatic carbocycles. The molecular weight excluding hydrogens is 246 g/mol. The summed E-state index contributed by atoms with van der Waals surface area (Å²) in [6.45, 7) is 7.81. The minimum atomic E-state index is -0.445. The highest BCUT2D eigenvalue weighted by Gasteiger charge is 2.15. The number of aromatic nitrogens is 3. The molecule has 0 fully saturated rings. The van der Waals surface area contributed by atoms with Crippen LogP contribution < -0.4 is 10.6 Å². The molecular formula is C12H23N5O2. The minimum absolute atomic E-state index is 0.367. The van der Waals surface area contributed by atoms with Gasteiger partial charge >= 0.3 is 6.09 Å². The van der Waals surface area contributed by atoms with E-state index < -0.39 is 5.60 Å². The summed E-state index contributed by atoms with van der Waals surface area (Å²) in [4.78, 5) is 15.4. The summed E-state index contributed by atoms with van der Waals surface area (Å²) in [6.07, 6.45) is 2.81. The summed E-state index contributed by atoms with van der Waals surface area (Å²) >= 11 is 0. The van der Waals surface area contributed by atoms with E-state index in [-0.39, 0.29) is 6.09 Å². The van der Waals surface area contributed by atoms with Crippen LogP contribution in [0, 0.1) is 0 Å². The van der Waals surface area contributed by atoms with Crippen molar-refractivity contribution in [3.05, 3.63) is 12.2 Å². The smallest absolute Gasteiger partial charge is 0.407 e. The average molecular weight is 269 g/mol. The summed E-state index contributed by atoms with van der Waals surface area (Å²) in [5, 5.41) is 12.6. The SMILES string of the molecule is CC(C)(C)OC(=O)NCCCNCCc1ncn[nH]1. The summed E-state index contributed by atoms with van der Waals surface area (Å²) in [5.41, 5.74) is -0.445. The zero-order chi connectivity index (χ0) is 14.1. The molecule has 1 amide bonds. The molecule has 0 aliphatic heterocycles. The van der Waals surface area contributed by atoms with Crippen LogP contribution in [0.25, 0.3) is 0 Å². The first-order valence-electron chi connectivity index (χ1n) is 6.49. The molecule has 0 radical (unpaired) electrons. The van der Waals surface area contributed by atoms with Gasteiger partial charge in [-0.05, 0) is 33.7 Å². The number of amides is 1. The Kier molecular flexibility index (Phi) is 6.27. The second-order valence-electron chi connectivity index (χ2n) is 5.21. The van der Waals surface area contributed by atoms with E-state index in [4.69, 9.17) is 4.74 Å². The third-order valence-corrected chi connectivity index (χ3v) is 2.20. The zero-order valence-electron chi connectivity index (χ0n) is 11.8. The number of H-pyrrole nitrogens is 1. The van der Waals surface area contributed by atoms with Crippen molar-refractivity contribution in [1.82, 2.24) is 25.8 Å². The van der Waals surface area contributed by atoms with Crippen LogP contribution in [0.5, 0.6) is 0 Å². The van der Waals surface area contributed by atoms with Gasteiger partial charge in [-0.2, -0.15) is 5.10 Å². The molecule has 1 rings (SSSR count). The van der Waals surface area contributed by atoms with E-state index in [1.54, 1.807) is 0 Å². The average Bonchev–Trinajstić information content (AvgIpc) is 2.78. The second-order valence-corrected chi connectivity index (χ2v) is 5.21. The third kappa shape index (κ3) is 8.15. The molecule has 0 spiro atoms. The first-order chi connectivity index (χ1) is 8.97. The summed E-state index contributed by atoms with van der Waals surface area (Å²) in [6, 6.07) is 0. The predicted molar refractivity (Wildman–Crippen MR) is 71.8 cm³/mol. The number of alkyl carbamates (subject to hydrolysis) is 1. The highest BCUT2D eigenvalue weighted by Crippen LogP contribution is 2.06. The first kappa shape index (κ1) is 15.4. The van der Waals surface area contributed by atoms with E-state index in [1.807, 2.05) is 20.8 Å². The van der Waals surface area contributed by atoms with Crippen LogP contribution in [-0.4, -0.2) is 46.5 Å². The highest BCUT2D eigenvalue weighted by molar-refractivity contribution is 5.67. The van der Waals surface area contributed by atoms with E-state index in [1.165, 1.54) is 6.33 Å². The molecule has 0 aromatic carbocycles. The fraction of sp³-hybridized carbons (Fsp3) is 0.750. The number of hydrogen-bond acceptors (Lipinski definition) is 5. The molecule has 3 N–H and O–H groups in total. The topological polar surface area (TPSA) is 91.9 Å². The van der Waals surface area contributed by atoms with Crippen LogP contribution in [0.1, 0.15) is 33.0 Å². The standard InChI is InChI=1S/C12H23N5O2/c1-12(2,3)19-11(18)14-7-4-6-13-8-5-10-15-9-16-17-10/h9,13H,4-8H2,1-3H3,(H,14,18)(H,15,16,17). The first-order valence-corrected chi connectivity index (χ1v) is 6.49. The lowest BCUT2D eigenvalue weighted by Gasteiger charge is -2.19. The summed E-state index contributed by atoms with van der Waals surface area (Å²) < 4.78 is 5.12. The van der Waals surface area contributed by atoms with Gasteiger partial charge in [0.25, 0.3) is 0 Å². The van der Waals surface area contributed by atoms with Gasteiger partial charge in [0.2, 0.25) is 0 Å². The van der Waals surface area contributed by atoms with Crippen LogP contribution in [0.15, 0.2) is 6.33 Å². The number of nitrogens with zero attached hydrogens (tertiary/aromatic N) is 2. The van der Waals surface area contributed by atoms with Crippen LogP contribution in [0.4, 0.5) is 4.79 Å². The molecule has 1 heterocycles.